The van der Waals surface area contributed by atoms with Crippen molar-refractivity contribution in [2.45, 2.75) is 32.5 Å². The van der Waals surface area contributed by atoms with Crippen LogP contribution >= 0.6 is 34.7 Å². The van der Waals surface area contributed by atoms with Gasteiger partial charge in [0.1, 0.15) is 5.00 Å². The maximum absolute atomic E-state index is 12.7. The fourth-order valence-corrected chi connectivity index (χ4v) is 5.02. The van der Waals surface area contributed by atoms with Crippen LogP contribution in [0.25, 0.3) is 11.4 Å². The van der Waals surface area contributed by atoms with Gasteiger partial charge in [-0.05, 0) is 38.5 Å². The fourth-order valence-electron chi connectivity index (χ4n) is 2.99. The monoisotopic (exact) mass is 490 g/mol. The van der Waals surface area contributed by atoms with Crippen LogP contribution in [0.3, 0.4) is 0 Å². The smallest absolute Gasteiger partial charge is 0.341 e. The van der Waals surface area contributed by atoms with Crippen LogP contribution in [0.4, 0.5) is 5.00 Å². The molecule has 0 unspecified atom stereocenters. The van der Waals surface area contributed by atoms with E-state index in [9.17, 15) is 9.59 Å². The third kappa shape index (κ3) is 5.23. The average Bonchev–Trinajstić information content (AvgIpc) is 3.27. The number of allylic oxidation sites excluding steroid dienone is 1. The van der Waals surface area contributed by atoms with Crippen LogP contribution in [0.5, 0.6) is 0 Å². The number of nitrogens with zero attached hydrogens (tertiary/aromatic N) is 3. The molecule has 3 aromatic rings. The number of aromatic nitrogens is 3. The zero-order valence-corrected chi connectivity index (χ0v) is 20.4. The summed E-state index contributed by atoms with van der Waals surface area (Å²) < 4.78 is 7.00. The Hall–Kier alpha value is -2.62. The van der Waals surface area contributed by atoms with Crippen LogP contribution in [0.2, 0.25) is 5.02 Å². The molecule has 0 saturated heterocycles. The molecule has 0 fully saturated rings. The molecule has 2 aromatic heterocycles. The summed E-state index contributed by atoms with van der Waals surface area (Å²) in [6, 6.07) is 7.38. The lowest BCUT2D eigenvalue weighted by Crippen LogP contribution is -2.17. The first kappa shape index (κ1) is 24.0. The lowest BCUT2D eigenvalue weighted by Gasteiger charge is -2.09. The number of rotatable bonds is 9. The zero-order valence-electron chi connectivity index (χ0n) is 18.0. The highest BCUT2D eigenvalue weighted by molar-refractivity contribution is 7.99. The van der Waals surface area contributed by atoms with Crippen molar-refractivity contribution in [2.24, 2.45) is 0 Å². The van der Waals surface area contributed by atoms with Crippen molar-refractivity contribution in [2.75, 3.05) is 17.7 Å². The number of thiophene rings is 1. The predicted octanol–water partition coefficient (Wildman–Crippen LogP) is 5.37. The highest BCUT2D eigenvalue weighted by Gasteiger charge is 2.23. The molecule has 1 N–H and O–H groups in total. The van der Waals surface area contributed by atoms with E-state index in [0.717, 1.165) is 16.0 Å². The summed E-state index contributed by atoms with van der Waals surface area (Å²) in [5.74, 6) is 0.00458. The normalized spacial score (nSPS) is 10.8. The van der Waals surface area contributed by atoms with Crippen molar-refractivity contribution in [3.63, 3.8) is 0 Å². The molecular formula is C22H23ClN4O3S2. The number of benzene rings is 1. The molecule has 0 saturated carbocycles. The molecule has 0 radical (unpaired) electrons. The molecule has 0 aliphatic rings. The van der Waals surface area contributed by atoms with E-state index in [1.807, 2.05) is 36.6 Å². The lowest BCUT2D eigenvalue weighted by molar-refractivity contribution is -0.113. The predicted molar refractivity (Wildman–Crippen MR) is 130 cm³/mol. The summed E-state index contributed by atoms with van der Waals surface area (Å²) in [5, 5.41) is 13.0. The van der Waals surface area contributed by atoms with Crippen LogP contribution in [0, 0.1) is 13.8 Å². The Kier molecular flexibility index (Phi) is 8.11. The molecule has 0 spiro atoms. The van der Waals surface area contributed by atoms with Crippen molar-refractivity contribution in [3.05, 3.63) is 57.9 Å². The number of carbonyl (C=O) groups is 2. The van der Waals surface area contributed by atoms with Gasteiger partial charge in [-0.15, -0.1) is 28.1 Å². The molecule has 7 nitrogen and oxygen atoms in total. The summed E-state index contributed by atoms with van der Waals surface area (Å²) in [4.78, 5) is 25.9. The van der Waals surface area contributed by atoms with Gasteiger partial charge in [-0.1, -0.05) is 41.6 Å². The van der Waals surface area contributed by atoms with Crippen LogP contribution in [-0.2, 0) is 16.1 Å². The summed E-state index contributed by atoms with van der Waals surface area (Å²) in [7, 11) is 0. The summed E-state index contributed by atoms with van der Waals surface area (Å²) in [6.07, 6.45) is 1.73. The molecule has 1 aromatic carbocycles. The largest absolute Gasteiger partial charge is 0.462 e. The Labute approximate surface area is 199 Å². The molecule has 0 atom stereocenters. The van der Waals surface area contributed by atoms with Gasteiger partial charge >= 0.3 is 5.97 Å². The van der Waals surface area contributed by atoms with Gasteiger partial charge in [0.05, 0.1) is 22.9 Å². The van der Waals surface area contributed by atoms with Crippen molar-refractivity contribution in [1.29, 1.82) is 0 Å². The fraction of sp³-hybridized carbons (Fsp3) is 0.273. The minimum absolute atomic E-state index is 0.0933. The standard InChI is InChI=1S/C22H23ClN4O3S2/c1-5-11-27-19(15-9-7-8-10-16(15)23)25-26-22(27)31-12-17(28)24-20-18(21(29)30-6-2)13(3)14(4)32-20/h5,7-10H,1,6,11-12H2,2-4H3,(H,24,28). The van der Waals surface area contributed by atoms with E-state index >= 15 is 0 Å². The molecule has 10 heteroatoms. The molecule has 0 aliphatic carbocycles. The van der Waals surface area contributed by atoms with Gasteiger partial charge in [0.25, 0.3) is 0 Å². The number of carbonyl (C=O) groups excluding carboxylic acids is 2. The van der Waals surface area contributed by atoms with Crippen molar-refractivity contribution in [3.8, 4) is 11.4 Å². The van der Waals surface area contributed by atoms with Crippen LogP contribution < -0.4 is 5.32 Å². The maximum atomic E-state index is 12.7. The number of anilines is 1. The molecule has 0 aliphatic heterocycles. The molecule has 1 amide bonds. The molecule has 3 rings (SSSR count). The van der Waals surface area contributed by atoms with E-state index in [4.69, 9.17) is 16.3 Å². The third-order valence-corrected chi connectivity index (χ3v) is 7.01. The van der Waals surface area contributed by atoms with E-state index in [1.165, 1.54) is 23.1 Å². The number of esters is 1. The number of nitrogens with one attached hydrogen (secondary N) is 1. The summed E-state index contributed by atoms with van der Waals surface area (Å²) in [5.41, 5.74) is 1.97. The first-order valence-electron chi connectivity index (χ1n) is 9.86. The highest BCUT2D eigenvalue weighted by atomic mass is 35.5. The van der Waals surface area contributed by atoms with Gasteiger partial charge in [-0.3, -0.25) is 9.36 Å². The number of hydrogen-bond acceptors (Lipinski definition) is 7. The maximum Gasteiger partial charge on any atom is 0.341 e. The van der Waals surface area contributed by atoms with E-state index in [1.54, 1.807) is 19.1 Å². The van der Waals surface area contributed by atoms with E-state index in [0.29, 0.717) is 33.1 Å². The molecular weight excluding hydrogens is 468 g/mol. The molecule has 2 heterocycles. The van der Waals surface area contributed by atoms with E-state index in [-0.39, 0.29) is 18.3 Å². The zero-order chi connectivity index (χ0) is 23.3. The Bertz CT molecular complexity index is 1160. The second-order valence-corrected chi connectivity index (χ2v) is 9.30. The van der Waals surface area contributed by atoms with Gasteiger partial charge in [-0.25, -0.2) is 4.79 Å². The van der Waals surface area contributed by atoms with Crippen LogP contribution in [0.15, 0.2) is 42.1 Å². The van der Waals surface area contributed by atoms with Crippen molar-refractivity contribution < 1.29 is 14.3 Å². The minimum atomic E-state index is -0.438. The number of ether oxygens (including phenoxy) is 1. The quantitative estimate of drug-likeness (QED) is 0.246. The number of thioether (sulfide) groups is 1. The van der Waals surface area contributed by atoms with Crippen LogP contribution in [0.1, 0.15) is 27.7 Å². The molecule has 168 valence electrons. The Morgan fingerprint density at radius 1 is 1.31 bits per heavy atom. The minimum Gasteiger partial charge on any atom is -0.462 e. The first-order valence-corrected chi connectivity index (χ1v) is 12.0. The SMILES string of the molecule is C=CCn1c(SCC(=O)Nc2sc(C)c(C)c2C(=O)OCC)nnc1-c1ccccc1Cl. The summed E-state index contributed by atoms with van der Waals surface area (Å²) in [6.45, 7) is 10.0. The van der Waals surface area contributed by atoms with Gasteiger partial charge in [0.2, 0.25) is 5.91 Å². The average molecular weight is 491 g/mol. The Morgan fingerprint density at radius 3 is 2.75 bits per heavy atom. The second-order valence-electron chi connectivity index (χ2n) is 6.73. The number of amides is 1. The van der Waals surface area contributed by atoms with E-state index < -0.39 is 5.97 Å². The molecule has 0 bridgehead atoms. The lowest BCUT2D eigenvalue weighted by atomic mass is 10.1. The Balaban J connectivity index is 1.76. The highest BCUT2D eigenvalue weighted by Crippen LogP contribution is 2.34. The van der Waals surface area contributed by atoms with Gasteiger partial charge in [-0.2, -0.15) is 0 Å². The van der Waals surface area contributed by atoms with Crippen molar-refractivity contribution >= 4 is 51.6 Å². The topological polar surface area (TPSA) is 86.1 Å². The molecule has 32 heavy (non-hydrogen) atoms. The Morgan fingerprint density at radius 2 is 2.06 bits per heavy atom. The van der Waals surface area contributed by atoms with Gasteiger partial charge < -0.3 is 10.1 Å². The summed E-state index contributed by atoms with van der Waals surface area (Å²) >= 11 is 8.92. The van der Waals surface area contributed by atoms with Gasteiger partial charge in [0.15, 0.2) is 11.0 Å². The van der Waals surface area contributed by atoms with Crippen molar-refractivity contribution in [1.82, 2.24) is 14.8 Å². The van der Waals surface area contributed by atoms with E-state index in [2.05, 4.69) is 22.1 Å². The number of aryl methyl sites for hydroxylation is 1. The number of hydrogen-bond donors (Lipinski definition) is 1. The number of halogens is 1. The van der Waals surface area contributed by atoms with Crippen LogP contribution in [-0.4, -0.2) is 39.0 Å². The first-order chi connectivity index (χ1) is 15.4. The second kappa shape index (κ2) is 10.8. The third-order valence-electron chi connectivity index (χ3n) is 4.59. The van der Waals surface area contributed by atoms with Gasteiger partial charge in [0, 0.05) is 17.0 Å².